The van der Waals surface area contributed by atoms with Gasteiger partial charge in [0.15, 0.2) is 0 Å². The molecule has 0 unspecified atom stereocenters. The molecule has 0 atom stereocenters. The molecule has 4 rings (SSSR count). The van der Waals surface area contributed by atoms with E-state index in [4.69, 9.17) is 8.92 Å². The van der Waals surface area contributed by atoms with Gasteiger partial charge in [0.25, 0.3) is 10.1 Å². The molecule has 0 aliphatic carbocycles. The van der Waals surface area contributed by atoms with Gasteiger partial charge >= 0.3 is 0 Å². The van der Waals surface area contributed by atoms with Gasteiger partial charge in [-0.1, -0.05) is 90.1 Å². The minimum Gasteiger partial charge on any atom is -0.496 e. The number of methoxy groups -OCH3 is 1. The smallest absolute Gasteiger partial charge is 0.297 e. The Hall–Kier alpha value is -2.89. The highest BCUT2D eigenvalue weighted by atomic mass is 32.2. The van der Waals surface area contributed by atoms with Gasteiger partial charge in [0.2, 0.25) is 0 Å². The average Bonchev–Trinajstić information content (AvgIpc) is 2.80. The first-order chi connectivity index (χ1) is 16.8. The maximum absolute atomic E-state index is 13.4. The molecule has 0 fully saturated rings. The van der Waals surface area contributed by atoms with Crippen molar-refractivity contribution in [2.24, 2.45) is 0 Å². The zero-order chi connectivity index (χ0) is 26.5. The summed E-state index contributed by atoms with van der Waals surface area (Å²) in [5, 5.41) is 3.77. The summed E-state index contributed by atoms with van der Waals surface area (Å²) in [6, 6.07) is 20.1. The highest BCUT2D eigenvalue weighted by molar-refractivity contribution is 7.87. The van der Waals surface area contributed by atoms with Crippen molar-refractivity contribution in [1.29, 1.82) is 0 Å². The Balaban J connectivity index is 2.17. The molecular weight excluding hydrogens is 468 g/mol. The van der Waals surface area contributed by atoms with Crippen LogP contribution < -0.4 is 4.74 Å². The number of benzene rings is 4. The van der Waals surface area contributed by atoms with Crippen molar-refractivity contribution in [2.75, 3.05) is 13.7 Å². The second kappa shape index (κ2) is 9.20. The number of rotatable bonds is 5. The van der Waals surface area contributed by atoms with Crippen molar-refractivity contribution < 1.29 is 17.3 Å². The summed E-state index contributed by atoms with van der Waals surface area (Å²) >= 11 is 0. The van der Waals surface area contributed by atoms with Gasteiger partial charge in [-0.15, -0.1) is 0 Å². The summed E-state index contributed by atoms with van der Waals surface area (Å²) in [4.78, 5) is 0.144. The first kappa shape index (κ1) is 26.2. The predicted molar refractivity (Wildman–Crippen MR) is 150 cm³/mol. The average molecular weight is 505 g/mol. The standard InChI is InChI=1S/C31H36O4S/c1-9-35-36(32,33)27-17-11-21-19-23(31(5,6)7)13-15-25(21)29(27)28-24-14-12-22(30(2,3)4)18-20(24)10-16-26(28)34-8/h10-19H,9H2,1-8H3. The molecule has 5 heteroatoms. The van der Waals surface area contributed by atoms with Crippen molar-refractivity contribution in [3.05, 3.63) is 71.8 Å². The van der Waals surface area contributed by atoms with Crippen LogP contribution in [-0.4, -0.2) is 22.1 Å². The molecule has 0 amide bonds. The van der Waals surface area contributed by atoms with Gasteiger partial charge in [-0.05, 0) is 62.6 Å². The lowest BCUT2D eigenvalue weighted by atomic mass is 9.83. The third-order valence-electron chi connectivity index (χ3n) is 6.71. The van der Waals surface area contributed by atoms with Crippen LogP contribution in [0.5, 0.6) is 5.75 Å². The fourth-order valence-electron chi connectivity index (χ4n) is 4.67. The second-order valence-electron chi connectivity index (χ2n) is 11.3. The van der Waals surface area contributed by atoms with Crippen molar-refractivity contribution in [1.82, 2.24) is 0 Å². The fourth-order valence-corrected chi connectivity index (χ4v) is 5.80. The molecule has 0 heterocycles. The van der Waals surface area contributed by atoms with Crippen LogP contribution in [0.25, 0.3) is 32.7 Å². The highest BCUT2D eigenvalue weighted by Crippen LogP contribution is 2.45. The molecule has 0 radical (unpaired) electrons. The monoisotopic (exact) mass is 504 g/mol. The summed E-state index contributed by atoms with van der Waals surface area (Å²) in [6.07, 6.45) is 0. The third-order valence-corrected chi connectivity index (χ3v) is 8.13. The van der Waals surface area contributed by atoms with E-state index in [0.717, 1.165) is 27.1 Å². The van der Waals surface area contributed by atoms with Gasteiger partial charge in [0, 0.05) is 11.1 Å². The molecule has 0 saturated carbocycles. The van der Waals surface area contributed by atoms with E-state index >= 15 is 0 Å². The summed E-state index contributed by atoms with van der Waals surface area (Å²) in [5.74, 6) is 0.617. The van der Waals surface area contributed by atoms with E-state index in [2.05, 4.69) is 71.9 Å². The summed E-state index contributed by atoms with van der Waals surface area (Å²) in [7, 11) is -2.38. The molecule has 0 spiro atoms. The first-order valence-corrected chi connectivity index (χ1v) is 13.8. The molecule has 4 aromatic rings. The third kappa shape index (κ3) is 4.74. The summed E-state index contributed by atoms with van der Waals surface area (Å²) in [6.45, 7) is 14.8. The number of hydrogen-bond donors (Lipinski definition) is 0. The van der Waals surface area contributed by atoms with Crippen LogP contribution in [0.15, 0.2) is 65.6 Å². The Morgan fingerprint density at radius 1 is 0.694 bits per heavy atom. The lowest BCUT2D eigenvalue weighted by molar-refractivity contribution is 0.338. The lowest BCUT2D eigenvalue weighted by Gasteiger charge is -2.23. The molecule has 190 valence electrons. The molecular formula is C31H36O4S. The Morgan fingerprint density at radius 2 is 1.19 bits per heavy atom. The van der Waals surface area contributed by atoms with Crippen LogP contribution in [-0.2, 0) is 25.1 Å². The Kier molecular flexibility index (Phi) is 6.69. The summed E-state index contributed by atoms with van der Waals surface area (Å²) < 4.78 is 37.8. The first-order valence-electron chi connectivity index (χ1n) is 12.4. The Labute approximate surface area is 215 Å². The van der Waals surface area contributed by atoms with Gasteiger partial charge in [-0.2, -0.15) is 8.42 Å². The topological polar surface area (TPSA) is 52.6 Å². The minimum atomic E-state index is -4.00. The Morgan fingerprint density at radius 3 is 1.67 bits per heavy atom. The van der Waals surface area contributed by atoms with Gasteiger partial charge in [-0.25, -0.2) is 0 Å². The normalized spacial score (nSPS) is 12.9. The van der Waals surface area contributed by atoms with E-state index < -0.39 is 10.1 Å². The van der Waals surface area contributed by atoms with Gasteiger partial charge in [-0.3, -0.25) is 4.18 Å². The van der Waals surface area contributed by atoms with E-state index in [1.165, 1.54) is 11.1 Å². The molecule has 4 nitrogen and oxygen atoms in total. The number of fused-ring (bicyclic) bond motifs is 2. The van der Waals surface area contributed by atoms with Gasteiger partial charge < -0.3 is 4.74 Å². The minimum absolute atomic E-state index is 0.0133. The van der Waals surface area contributed by atoms with Crippen LogP contribution in [0.1, 0.15) is 59.6 Å². The van der Waals surface area contributed by atoms with E-state index in [-0.39, 0.29) is 22.3 Å². The largest absolute Gasteiger partial charge is 0.496 e. The molecule has 0 aliphatic heterocycles. The molecule has 0 N–H and O–H groups in total. The zero-order valence-electron chi connectivity index (χ0n) is 22.5. The maximum Gasteiger partial charge on any atom is 0.297 e. The van der Waals surface area contributed by atoms with Crippen molar-refractivity contribution in [3.63, 3.8) is 0 Å². The van der Waals surface area contributed by atoms with Crippen LogP contribution in [0.2, 0.25) is 0 Å². The second-order valence-corrected chi connectivity index (χ2v) is 12.9. The van der Waals surface area contributed by atoms with E-state index in [9.17, 15) is 8.42 Å². The fraction of sp³-hybridized carbons (Fsp3) is 0.355. The van der Waals surface area contributed by atoms with Crippen LogP contribution in [0.4, 0.5) is 0 Å². The molecule has 0 aliphatic rings. The Bertz CT molecular complexity index is 1550. The van der Waals surface area contributed by atoms with E-state index in [0.29, 0.717) is 11.3 Å². The van der Waals surface area contributed by atoms with Crippen molar-refractivity contribution in [2.45, 2.75) is 64.2 Å². The van der Waals surface area contributed by atoms with Gasteiger partial charge in [0.1, 0.15) is 10.6 Å². The van der Waals surface area contributed by atoms with E-state index in [1.54, 1.807) is 20.1 Å². The van der Waals surface area contributed by atoms with Crippen LogP contribution >= 0.6 is 0 Å². The molecule has 0 bridgehead atoms. The SMILES string of the molecule is CCOS(=O)(=O)c1ccc2cc(C(C)(C)C)ccc2c1-c1c(OC)ccc2cc(C(C)(C)C)ccc12. The maximum atomic E-state index is 13.4. The number of ether oxygens (including phenoxy) is 1. The molecule has 4 aromatic carbocycles. The zero-order valence-corrected chi connectivity index (χ0v) is 23.3. The predicted octanol–water partition coefficient (Wildman–Crippen LogP) is 7.99. The summed E-state index contributed by atoms with van der Waals surface area (Å²) in [5.41, 5.74) is 3.70. The van der Waals surface area contributed by atoms with Crippen molar-refractivity contribution in [3.8, 4) is 16.9 Å². The lowest BCUT2D eigenvalue weighted by Crippen LogP contribution is -2.11. The number of hydrogen-bond acceptors (Lipinski definition) is 4. The quantitative estimate of drug-likeness (QED) is 0.258. The molecule has 0 aromatic heterocycles. The van der Waals surface area contributed by atoms with Crippen LogP contribution in [0.3, 0.4) is 0 Å². The van der Waals surface area contributed by atoms with E-state index in [1.807, 2.05) is 24.3 Å². The van der Waals surface area contributed by atoms with Gasteiger partial charge in [0.05, 0.1) is 13.7 Å². The van der Waals surface area contributed by atoms with Crippen molar-refractivity contribution >= 4 is 31.7 Å². The highest BCUT2D eigenvalue weighted by Gasteiger charge is 2.27. The molecule has 36 heavy (non-hydrogen) atoms. The molecule has 0 saturated heterocycles. The van der Waals surface area contributed by atoms with Crippen LogP contribution in [0, 0.1) is 0 Å².